The minimum atomic E-state index is -4.87. The van der Waals surface area contributed by atoms with Gasteiger partial charge in [0.15, 0.2) is 0 Å². The lowest BCUT2D eigenvalue weighted by molar-refractivity contribution is -0.274. The van der Waals surface area contributed by atoms with E-state index in [0.717, 1.165) is 22.4 Å². The molecule has 1 fully saturated rings. The second-order valence-electron chi connectivity index (χ2n) is 9.15. The van der Waals surface area contributed by atoms with Crippen LogP contribution in [0.5, 0.6) is 5.75 Å². The lowest BCUT2D eigenvalue weighted by Crippen LogP contribution is -2.50. The summed E-state index contributed by atoms with van der Waals surface area (Å²) in [6.45, 7) is 1.75. The molecule has 1 saturated heterocycles. The Morgan fingerprint density at radius 3 is 2.51 bits per heavy atom. The molecule has 2 aliphatic heterocycles. The van der Waals surface area contributed by atoms with E-state index in [0.29, 0.717) is 16.8 Å². The van der Waals surface area contributed by atoms with Crippen LogP contribution in [0.1, 0.15) is 29.5 Å². The van der Waals surface area contributed by atoms with E-state index in [1.165, 1.54) is 29.6 Å². The molecule has 2 amide bonds. The number of piperidine rings is 1. The quantitative estimate of drug-likeness (QED) is 0.549. The lowest BCUT2D eigenvalue weighted by atomic mass is 9.89. The largest absolute Gasteiger partial charge is 0.573 e. The van der Waals surface area contributed by atoms with Gasteiger partial charge in [-0.3, -0.25) is 14.7 Å². The van der Waals surface area contributed by atoms with Crippen molar-refractivity contribution in [1.82, 2.24) is 9.62 Å². The summed E-state index contributed by atoms with van der Waals surface area (Å²) in [6, 6.07) is 9.89. The number of ether oxygens (including phenoxy) is 1. The second kappa shape index (κ2) is 10.3. The number of sulfonamides is 1. The number of nitrogens with zero attached hydrogens (tertiary/aromatic N) is 3. The summed E-state index contributed by atoms with van der Waals surface area (Å²) in [4.78, 5) is 29.5. The zero-order valence-electron chi connectivity index (χ0n) is 20.9. The van der Waals surface area contributed by atoms with E-state index in [-0.39, 0.29) is 37.3 Å². The summed E-state index contributed by atoms with van der Waals surface area (Å²) in [5, 5.41) is 12.8. The van der Waals surface area contributed by atoms with Gasteiger partial charge in [0.25, 0.3) is 5.91 Å². The Hall–Kier alpha value is -3.91. The van der Waals surface area contributed by atoms with Crippen LogP contribution in [0.3, 0.4) is 0 Å². The van der Waals surface area contributed by atoms with Gasteiger partial charge in [-0.2, -0.15) is 4.31 Å². The third-order valence-electron chi connectivity index (χ3n) is 6.58. The molecular weight excluding hydrogens is 541 g/mol. The highest BCUT2D eigenvalue weighted by Gasteiger charge is 2.47. The molecule has 2 aliphatic rings. The topological polar surface area (TPSA) is 129 Å². The first-order valence-electron chi connectivity index (χ1n) is 11.7. The molecule has 0 radical (unpaired) electrons. The van der Waals surface area contributed by atoms with Crippen LogP contribution in [0.25, 0.3) is 6.08 Å². The highest BCUT2D eigenvalue weighted by Crippen LogP contribution is 2.33. The molecule has 208 valence electrons. The van der Waals surface area contributed by atoms with Gasteiger partial charge in [-0.25, -0.2) is 13.2 Å². The maximum absolute atomic E-state index is 13.0. The molecule has 1 spiro atoms. The zero-order valence-corrected chi connectivity index (χ0v) is 21.7. The summed E-state index contributed by atoms with van der Waals surface area (Å²) in [6.07, 6.45) is -4.40. The maximum atomic E-state index is 13.0. The van der Waals surface area contributed by atoms with E-state index >= 15 is 0 Å². The predicted molar refractivity (Wildman–Crippen MR) is 137 cm³/mol. The Bertz CT molecular complexity index is 1460. The van der Waals surface area contributed by atoms with Gasteiger partial charge in [0.2, 0.25) is 10.0 Å². The van der Waals surface area contributed by atoms with Crippen LogP contribution in [0.2, 0.25) is 0 Å². The smallest absolute Gasteiger partial charge is 0.465 e. The molecule has 0 unspecified atom stereocenters. The molecule has 0 saturated carbocycles. The first kappa shape index (κ1) is 28.1. The van der Waals surface area contributed by atoms with Gasteiger partial charge < -0.3 is 15.2 Å². The molecule has 2 aromatic carbocycles. The summed E-state index contributed by atoms with van der Waals surface area (Å²) < 4.78 is 68.8. The highest BCUT2D eigenvalue weighted by atomic mass is 32.2. The number of halogens is 3. The average Bonchev–Trinajstić information content (AvgIpc) is 3.17. The SMILES string of the molecule is Cc1cc(N(C)C(=O)O)ccc1/C=C/S(=O)(=O)N1CCC2(CC1)N=C(c1cccc(OC(F)(F)F)c1)NC2=O. The Labute approximate surface area is 222 Å². The number of carbonyl (C=O) groups excluding carboxylic acids is 1. The maximum Gasteiger partial charge on any atom is 0.573 e. The van der Waals surface area contributed by atoms with Gasteiger partial charge >= 0.3 is 12.5 Å². The number of aliphatic imine (C=N–C) groups is 1. The molecule has 0 aromatic heterocycles. The van der Waals surface area contributed by atoms with Crippen molar-refractivity contribution in [3.63, 3.8) is 0 Å². The Kier molecular flexibility index (Phi) is 7.45. The third-order valence-corrected chi connectivity index (χ3v) is 8.14. The normalized spacial score (nSPS) is 17.8. The summed E-state index contributed by atoms with van der Waals surface area (Å²) in [5.74, 6) is -0.810. The number of amides is 2. The fraction of sp³-hybridized carbons (Fsp3) is 0.320. The van der Waals surface area contributed by atoms with Gasteiger partial charge in [-0.1, -0.05) is 18.2 Å². The molecule has 4 rings (SSSR count). The van der Waals surface area contributed by atoms with E-state index in [1.54, 1.807) is 25.1 Å². The molecule has 0 aliphatic carbocycles. The van der Waals surface area contributed by atoms with Crippen molar-refractivity contribution in [2.24, 2.45) is 4.99 Å². The van der Waals surface area contributed by atoms with Crippen molar-refractivity contribution < 1.29 is 41.0 Å². The summed E-state index contributed by atoms with van der Waals surface area (Å²) >= 11 is 0. The van der Waals surface area contributed by atoms with E-state index in [9.17, 15) is 31.2 Å². The number of alkyl halides is 3. The Balaban J connectivity index is 1.45. The van der Waals surface area contributed by atoms with E-state index in [4.69, 9.17) is 5.11 Å². The molecule has 14 heteroatoms. The van der Waals surface area contributed by atoms with Crippen LogP contribution in [-0.4, -0.2) is 67.7 Å². The summed E-state index contributed by atoms with van der Waals surface area (Å²) in [7, 11) is -2.45. The van der Waals surface area contributed by atoms with Crippen LogP contribution in [0.4, 0.5) is 23.7 Å². The van der Waals surface area contributed by atoms with Crippen molar-refractivity contribution >= 4 is 39.6 Å². The number of amidine groups is 1. The Morgan fingerprint density at radius 1 is 1.21 bits per heavy atom. The molecule has 39 heavy (non-hydrogen) atoms. The minimum absolute atomic E-state index is 0.00935. The zero-order chi connectivity index (χ0) is 28.6. The number of hydrogen-bond donors (Lipinski definition) is 2. The molecule has 0 bridgehead atoms. The van der Waals surface area contributed by atoms with Gasteiger partial charge in [-0.05, 0) is 61.2 Å². The summed E-state index contributed by atoms with van der Waals surface area (Å²) in [5.41, 5.74) is 0.718. The van der Waals surface area contributed by atoms with Gasteiger partial charge in [0, 0.05) is 36.8 Å². The Morgan fingerprint density at radius 2 is 1.90 bits per heavy atom. The predicted octanol–water partition coefficient (Wildman–Crippen LogP) is 3.72. The molecule has 10 nitrogen and oxygen atoms in total. The van der Waals surface area contributed by atoms with Crippen molar-refractivity contribution in [2.75, 3.05) is 25.0 Å². The number of nitrogens with one attached hydrogen (secondary N) is 1. The van der Waals surface area contributed by atoms with E-state index < -0.39 is 39.7 Å². The van der Waals surface area contributed by atoms with Crippen molar-refractivity contribution in [3.05, 3.63) is 64.6 Å². The van der Waals surface area contributed by atoms with Crippen molar-refractivity contribution in [3.8, 4) is 5.75 Å². The van der Waals surface area contributed by atoms with Crippen LogP contribution in [0.15, 0.2) is 52.9 Å². The van der Waals surface area contributed by atoms with Crippen molar-refractivity contribution in [1.29, 1.82) is 0 Å². The third kappa shape index (κ3) is 6.23. The first-order valence-corrected chi connectivity index (χ1v) is 13.2. The monoisotopic (exact) mass is 566 g/mol. The molecule has 2 heterocycles. The van der Waals surface area contributed by atoms with E-state index in [1.807, 2.05) is 0 Å². The number of rotatable bonds is 6. The van der Waals surface area contributed by atoms with Crippen LogP contribution in [0, 0.1) is 6.92 Å². The molecule has 0 atom stereocenters. The highest BCUT2D eigenvalue weighted by molar-refractivity contribution is 7.92. The number of anilines is 1. The number of carboxylic acid groups (broad SMARTS) is 1. The van der Waals surface area contributed by atoms with Crippen LogP contribution >= 0.6 is 0 Å². The van der Waals surface area contributed by atoms with Crippen LogP contribution in [-0.2, 0) is 14.8 Å². The number of hydrogen-bond acceptors (Lipinski definition) is 6. The fourth-order valence-electron chi connectivity index (χ4n) is 4.35. The number of carbonyl (C=O) groups is 2. The standard InChI is InChI=1S/C25H25F3N4O6S/c1-16-14-19(31(2)23(34)35)7-6-17(16)8-13-39(36,37)32-11-9-24(10-12-32)22(33)29-21(30-24)18-4-3-5-20(15-18)38-25(26,27)28/h3-8,13-15H,9-12H2,1-2H3,(H,34,35)(H,29,30,33)/b13-8+. The number of benzene rings is 2. The minimum Gasteiger partial charge on any atom is -0.465 e. The fourth-order valence-corrected chi connectivity index (χ4v) is 5.54. The van der Waals surface area contributed by atoms with Crippen molar-refractivity contribution in [2.45, 2.75) is 31.7 Å². The first-order chi connectivity index (χ1) is 18.2. The van der Waals surface area contributed by atoms with Gasteiger partial charge in [0.05, 0.1) is 0 Å². The lowest BCUT2D eigenvalue weighted by Gasteiger charge is -2.34. The molecular formula is C25H25F3N4O6S. The van der Waals surface area contributed by atoms with Gasteiger partial charge in [0.1, 0.15) is 17.1 Å². The molecule has 2 N–H and O–H groups in total. The molecule has 2 aromatic rings. The van der Waals surface area contributed by atoms with E-state index in [2.05, 4.69) is 15.0 Å². The number of aryl methyl sites for hydroxylation is 1. The average molecular weight is 567 g/mol. The van der Waals surface area contributed by atoms with Crippen LogP contribution < -0.4 is 15.0 Å². The second-order valence-corrected chi connectivity index (χ2v) is 11.0. The van der Waals surface area contributed by atoms with Gasteiger partial charge in [-0.15, -0.1) is 13.2 Å².